The van der Waals surface area contributed by atoms with Gasteiger partial charge in [0.25, 0.3) is 5.89 Å². The van der Waals surface area contributed by atoms with Gasteiger partial charge in [0.2, 0.25) is 17.6 Å². The maximum atomic E-state index is 12.7. The van der Waals surface area contributed by atoms with Gasteiger partial charge in [0.05, 0.1) is 12.9 Å². The average Bonchev–Trinajstić information content (AvgIpc) is 3.49. The number of hydrogen-bond donors (Lipinski definition) is 0. The van der Waals surface area contributed by atoms with Crippen LogP contribution in [-0.4, -0.2) is 50.7 Å². The molecule has 0 saturated heterocycles. The molecule has 0 aliphatic rings. The minimum absolute atomic E-state index is 0.0302. The first-order chi connectivity index (χ1) is 16.0. The van der Waals surface area contributed by atoms with Crippen molar-refractivity contribution < 1.29 is 14.1 Å². The molecule has 4 rings (SSSR count). The Morgan fingerprint density at radius 2 is 1.97 bits per heavy atom. The molecule has 0 radical (unpaired) electrons. The van der Waals surface area contributed by atoms with Crippen LogP contribution in [0.15, 0.2) is 58.2 Å². The van der Waals surface area contributed by atoms with Crippen LogP contribution in [0.25, 0.3) is 23.1 Å². The molecule has 0 atom stereocenters. The van der Waals surface area contributed by atoms with E-state index in [2.05, 4.69) is 20.3 Å². The lowest BCUT2D eigenvalue weighted by atomic mass is 10.2. The number of rotatable bonds is 8. The maximum absolute atomic E-state index is 12.7. The Morgan fingerprint density at radius 3 is 2.67 bits per heavy atom. The van der Waals surface area contributed by atoms with Gasteiger partial charge in [0.1, 0.15) is 5.75 Å². The third-order valence-electron chi connectivity index (χ3n) is 5.09. The molecule has 170 valence electrons. The minimum atomic E-state index is -0.0302. The number of amides is 1. The summed E-state index contributed by atoms with van der Waals surface area (Å²) in [6.45, 7) is 4.56. The highest BCUT2D eigenvalue weighted by Crippen LogP contribution is 2.26. The fourth-order valence-corrected chi connectivity index (χ4v) is 4.13. The monoisotopic (exact) mass is 464 g/mol. The largest absolute Gasteiger partial charge is 0.497 e. The van der Waals surface area contributed by atoms with E-state index in [9.17, 15) is 4.79 Å². The molecule has 0 aliphatic carbocycles. The maximum Gasteiger partial charge on any atom is 0.296 e. The van der Waals surface area contributed by atoms with E-state index in [-0.39, 0.29) is 17.6 Å². The molecule has 9 nitrogen and oxygen atoms in total. The second-order valence-electron chi connectivity index (χ2n) is 7.28. The van der Waals surface area contributed by atoms with Crippen LogP contribution in [-0.2, 0) is 11.3 Å². The number of thioether (sulfide) groups is 1. The van der Waals surface area contributed by atoms with Gasteiger partial charge in [0, 0.05) is 24.8 Å². The fourth-order valence-electron chi connectivity index (χ4n) is 3.21. The number of anilines is 1. The van der Waals surface area contributed by atoms with Gasteiger partial charge in [-0.3, -0.25) is 9.36 Å². The van der Waals surface area contributed by atoms with E-state index in [1.54, 1.807) is 19.1 Å². The molecule has 2 aromatic carbocycles. The van der Waals surface area contributed by atoms with Crippen LogP contribution in [0.5, 0.6) is 5.75 Å². The average molecular weight is 465 g/mol. The van der Waals surface area contributed by atoms with Gasteiger partial charge in [-0.2, -0.15) is 4.98 Å². The number of ether oxygens (including phenoxy) is 1. The molecule has 0 bridgehead atoms. The predicted octanol–water partition coefficient (Wildman–Crippen LogP) is 4.09. The third-order valence-corrected chi connectivity index (χ3v) is 6.04. The SMILES string of the molecule is CCn1c(SCC(=O)N(C)c2cccc(C)c2)nnc1-c1nc(-c2ccc(OC)cc2)no1. The van der Waals surface area contributed by atoms with Crippen LogP contribution >= 0.6 is 11.8 Å². The van der Waals surface area contributed by atoms with Crippen LogP contribution in [0.3, 0.4) is 0 Å². The Morgan fingerprint density at radius 1 is 1.18 bits per heavy atom. The summed E-state index contributed by atoms with van der Waals surface area (Å²) in [5.41, 5.74) is 2.76. The molecule has 0 fully saturated rings. The first-order valence-electron chi connectivity index (χ1n) is 10.4. The lowest BCUT2D eigenvalue weighted by molar-refractivity contribution is -0.115. The van der Waals surface area contributed by atoms with Gasteiger partial charge in [0.15, 0.2) is 5.16 Å². The molecule has 0 spiro atoms. The second kappa shape index (κ2) is 9.86. The normalized spacial score (nSPS) is 10.9. The minimum Gasteiger partial charge on any atom is -0.497 e. The summed E-state index contributed by atoms with van der Waals surface area (Å²) in [7, 11) is 3.38. The van der Waals surface area contributed by atoms with E-state index in [1.807, 2.05) is 66.9 Å². The van der Waals surface area contributed by atoms with E-state index in [0.29, 0.717) is 23.4 Å². The van der Waals surface area contributed by atoms with Gasteiger partial charge in [-0.1, -0.05) is 29.1 Å². The van der Waals surface area contributed by atoms with E-state index in [1.165, 1.54) is 11.8 Å². The van der Waals surface area contributed by atoms with Crippen LogP contribution in [0.2, 0.25) is 0 Å². The molecular weight excluding hydrogens is 440 g/mol. The Kier molecular flexibility index (Phi) is 6.74. The van der Waals surface area contributed by atoms with Crippen LogP contribution < -0.4 is 9.64 Å². The Balaban J connectivity index is 1.48. The van der Waals surface area contributed by atoms with E-state index in [4.69, 9.17) is 9.26 Å². The van der Waals surface area contributed by atoms with Crippen LogP contribution in [0, 0.1) is 6.92 Å². The highest BCUT2D eigenvalue weighted by atomic mass is 32.2. The summed E-state index contributed by atoms with van der Waals surface area (Å²) in [4.78, 5) is 18.8. The number of aryl methyl sites for hydroxylation is 1. The van der Waals surface area contributed by atoms with Gasteiger partial charge < -0.3 is 14.2 Å². The zero-order valence-electron chi connectivity index (χ0n) is 18.8. The Labute approximate surface area is 195 Å². The molecular formula is C23H24N6O3S. The van der Waals surface area contributed by atoms with Crippen molar-refractivity contribution in [1.82, 2.24) is 24.9 Å². The highest BCUT2D eigenvalue weighted by Gasteiger charge is 2.21. The molecule has 0 N–H and O–H groups in total. The number of methoxy groups -OCH3 is 1. The summed E-state index contributed by atoms with van der Waals surface area (Å²) in [6, 6.07) is 15.2. The first-order valence-corrected chi connectivity index (χ1v) is 11.4. The summed E-state index contributed by atoms with van der Waals surface area (Å²) in [5, 5.41) is 13.2. The molecule has 4 aromatic rings. The number of nitrogens with zero attached hydrogens (tertiary/aromatic N) is 6. The molecule has 2 heterocycles. The van der Waals surface area contributed by atoms with E-state index in [0.717, 1.165) is 22.6 Å². The van der Waals surface area contributed by atoms with E-state index >= 15 is 0 Å². The molecule has 10 heteroatoms. The van der Waals surface area contributed by atoms with Gasteiger partial charge in [-0.15, -0.1) is 10.2 Å². The Bertz CT molecular complexity index is 1250. The number of carbonyl (C=O) groups is 1. The standard InChI is InChI=1S/C23H24N6O3S/c1-5-29-21(22-24-20(27-32-22)16-9-11-18(31-4)12-10-16)25-26-23(29)33-14-19(30)28(3)17-8-6-7-15(2)13-17/h6-13H,5,14H2,1-4H3. The second-order valence-corrected chi connectivity index (χ2v) is 8.23. The number of carbonyl (C=O) groups excluding carboxylic acids is 1. The van der Waals surface area contributed by atoms with Crippen molar-refractivity contribution in [3.05, 3.63) is 54.1 Å². The van der Waals surface area contributed by atoms with Gasteiger partial charge in [-0.25, -0.2) is 0 Å². The topological polar surface area (TPSA) is 99.2 Å². The van der Waals surface area contributed by atoms with Crippen LogP contribution in [0.1, 0.15) is 12.5 Å². The number of aromatic nitrogens is 5. The van der Waals surface area contributed by atoms with Crippen molar-refractivity contribution >= 4 is 23.4 Å². The van der Waals surface area contributed by atoms with Crippen LogP contribution in [0.4, 0.5) is 5.69 Å². The van der Waals surface area contributed by atoms with E-state index < -0.39 is 0 Å². The number of benzene rings is 2. The third kappa shape index (κ3) is 4.90. The lowest BCUT2D eigenvalue weighted by Gasteiger charge is -2.17. The number of hydrogen-bond acceptors (Lipinski definition) is 8. The molecule has 2 aromatic heterocycles. The quantitative estimate of drug-likeness (QED) is 0.360. The zero-order chi connectivity index (χ0) is 23.4. The van der Waals surface area contributed by atoms with Gasteiger partial charge >= 0.3 is 0 Å². The predicted molar refractivity (Wildman–Crippen MR) is 126 cm³/mol. The van der Waals surface area contributed by atoms with Gasteiger partial charge in [-0.05, 0) is 55.8 Å². The summed E-state index contributed by atoms with van der Waals surface area (Å²) >= 11 is 1.32. The molecule has 0 aliphatic heterocycles. The summed E-state index contributed by atoms with van der Waals surface area (Å²) in [6.07, 6.45) is 0. The highest BCUT2D eigenvalue weighted by molar-refractivity contribution is 7.99. The lowest BCUT2D eigenvalue weighted by Crippen LogP contribution is -2.28. The molecule has 0 unspecified atom stereocenters. The van der Waals surface area contributed by atoms with Crippen molar-refractivity contribution in [3.8, 4) is 28.9 Å². The summed E-state index contributed by atoms with van der Waals surface area (Å²) in [5.74, 6) is 2.12. The van der Waals surface area contributed by atoms with Crippen molar-refractivity contribution in [2.45, 2.75) is 25.5 Å². The summed E-state index contributed by atoms with van der Waals surface area (Å²) < 4.78 is 12.5. The zero-order valence-corrected chi connectivity index (χ0v) is 19.7. The van der Waals surface area contributed by atoms with Crippen molar-refractivity contribution in [2.24, 2.45) is 0 Å². The first kappa shape index (κ1) is 22.5. The van der Waals surface area contributed by atoms with Crippen molar-refractivity contribution in [2.75, 3.05) is 24.8 Å². The molecule has 1 amide bonds. The fraction of sp³-hybridized carbons (Fsp3) is 0.261. The van der Waals surface area contributed by atoms with Crippen molar-refractivity contribution in [3.63, 3.8) is 0 Å². The molecule has 33 heavy (non-hydrogen) atoms. The molecule has 0 saturated carbocycles. The van der Waals surface area contributed by atoms with Crippen molar-refractivity contribution in [1.29, 1.82) is 0 Å². The smallest absolute Gasteiger partial charge is 0.296 e. The Hall–Kier alpha value is -3.66.